The molecule has 4 heterocycles. The summed E-state index contributed by atoms with van der Waals surface area (Å²) in [4.78, 5) is 2.49. The number of ether oxygens (including phenoxy) is 1. The molecule has 6 nitrogen and oxygen atoms in total. The van der Waals surface area contributed by atoms with Gasteiger partial charge < -0.3 is 9.64 Å². The van der Waals surface area contributed by atoms with Crippen LogP contribution < -0.4 is 5.43 Å². The van der Waals surface area contributed by atoms with Gasteiger partial charge in [0, 0.05) is 12.3 Å². The van der Waals surface area contributed by atoms with E-state index in [9.17, 15) is 0 Å². The summed E-state index contributed by atoms with van der Waals surface area (Å²) in [5, 5.41) is 11.2. The maximum atomic E-state index is 6.40. The van der Waals surface area contributed by atoms with Crippen LogP contribution in [0, 0.1) is 5.92 Å². The third-order valence-electron chi connectivity index (χ3n) is 5.97. The highest BCUT2D eigenvalue weighted by Gasteiger charge is 2.57. The molecule has 0 aromatic rings. The summed E-state index contributed by atoms with van der Waals surface area (Å²) in [6, 6.07) is 0.979. The molecule has 4 aliphatic heterocycles. The summed E-state index contributed by atoms with van der Waals surface area (Å²) < 4.78 is 6.40. The Morgan fingerprint density at radius 3 is 3.14 bits per heavy atom. The largest absolute Gasteiger partial charge is 0.372 e. The number of nitrogens with zero attached hydrogens (tertiary/aromatic N) is 4. The average Bonchev–Trinajstić information content (AvgIpc) is 3.16. The lowest BCUT2D eigenvalue weighted by Crippen LogP contribution is -2.57. The van der Waals surface area contributed by atoms with Crippen molar-refractivity contribution in [2.75, 3.05) is 0 Å². The number of hydrogen-bond acceptors (Lipinski definition) is 6. The molecule has 6 heteroatoms. The Bertz CT molecular complexity index is 506. The Balaban J connectivity index is 1.43. The maximum Gasteiger partial charge on any atom is 0.158 e. The van der Waals surface area contributed by atoms with E-state index in [0.717, 1.165) is 18.7 Å². The van der Waals surface area contributed by atoms with Crippen LogP contribution >= 0.6 is 0 Å². The fourth-order valence-corrected chi connectivity index (χ4v) is 5.06. The molecule has 2 saturated heterocycles. The van der Waals surface area contributed by atoms with Crippen molar-refractivity contribution in [2.24, 2.45) is 16.1 Å². The Morgan fingerprint density at radius 1 is 1.33 bits per heavy atom. The minimum absolute atomic E-state index is 0.196. The highest BCUT2D eigenvalue weighted by atomic mass is 16.5. The molecular weight excluding hydrogens is 266 g/mol. The predicted molar refractivity (Wildman–Crippen MR) is 79.6 cm³/mol. The summed E-state index contributed by atoms with van der Waals surface area (Å²) in [7, 11) is 0. The van der Waals surface area contributed by atoms with Crippen molar-refractivity contribution in [3.05, 3.63) is 0 Å². The molecule has 0 spiro atoms. The monoisotopic (exact) mass is 289 g/mol. The SMILES string of the molecule is CCC1=NNC2C3CC4OC5CCCCC5C4N3C=NN12. The van der Waals surface area contributed by atoms with Crippen LogP contribution in [0.2, 0.25) is 0 Å². The summed E-state index contributed by atoms with van der Waals surface area (Å²) in [6.07, 6.45) is 10.4. The molecule has 5 rings (SSSR count). The summed E-state index contributed by atoms with van der Waals surface area (Å²) >= 11 is 0. The molecule has 0 amide bonds. The second-order valence-corrected chi connectivity index (χ2v) is 6.93. The number of hydrazone groups is 2. The van der Waals surface area contributed by atoms with Crippen LogP contribution in [0.5, 0.6) is 0 Å². The standard InChI is InChI=1S/C15H23N5O/c1-2-13-17-18-15-10-7-12-14(19(10)8-16-20(13)15)9-5-3-4-6-11(9)21-12/h8-12,14-15,18H,2-7H2,1H3. The lowest BCUT2D eigenvalue weighted by Gasteiger charge is -2.40. The third-order valence-corrected chi connectivity index (χ3v) is 5.97. The third kappa shape index (κ3) is 1.57. The first-order chi connectivity index (χ1) is 10.4. The lowest BCUT2D eigenvalue weighted by molar-refractivity contribution is 0.0120. The minimum atomic E-state index is 0.196. The smallest absolute Gasteiger partial charge is 0.158 e. The van der Waals surface area contributed by atoms with E-state index in [-0.39, 0.29) is 6.17 Å². The number of hydrogen-bond donors (Lipinski definition) is 1. The number of nitrogens with one attached hydrogen (secondary N) is 1. The van der Waals surface area contributed by atoms with E-state index in [1.54, 1.807) is 0 Å². The highest BCUT2D eigenvalue weighted by molar-refractivity contribution is 5.84. The Hall–Kier alpha value is -1.30. The van der Waals surface area contributed by atoms with Crippen LogP contribution in [-0.2, 0) is 4.74 Å². The van der Waals surface area contributed by atoms with Gasteiger partial charge in [0.25, 0.3) is 0 Å². The van der Waals surface area contributed by atoms with Crippen molar-refractivity contribution in [2.45, 2.75) is 75.9 Å². The van der Waals surface area contributed by atoms with Crippen molar-refractivity contribution < 1.29 is 4.74 Å². The molecule has 6 atom stereocenters. The molecule has 0 radical (unpaired) electrons. The molecule has 6 unspecified atom stereocenters. The molecule has 5 aliphatic rings. The maximum absolute atomic E-state index is 6.40. The van der Waals surface area contributed by atoms with E-state index >= 15 is 0 Å². The second kappa shape index (κ2) is 4.35. The predicted octanol–water partition coefficient (Wildman–Crippen LogP) is 1.30. The van der Waals surface area contributed by atoms with Crippen LogP contribution in [0.4, 0.5) is 0 Å². The molecule has 21 heavy (non-hydrogen) atoms. The van der Waals surface area contributed by atoms with Crippen molar-refractivity contribution in [1.29, 1.82) is 0 Å². The van der Waals surface area contributed by atoms with Gasteiger partial charge in [-0.1, -0.05) is 19.8 Å². The topological polar surface area (TPSA) is 52.5 Å². The van der Waals surface area contributed by atoms with Crippen LogP contribution in [-0.4, -0.2) is 52.5 Å². The van der Waals surface area contributed by atoms with Gasteiger partial charge in [-0.25, -0.2) is 5.01 Å². The normalized spacial score (nSPS) is 46.6. The van der Waals surface area contributed by atoms with Crippen LogP contribution in [0.3, 0.4) is 0 Å². The van der Waals surface area contributed by atoms with Gasteiger partial charge >= 0.3 is 0 Å². The molecule has 0 bridgehead atoms. The quantitative estimate of drug-likeness (QED) is 0.790. The van der Waals surface area contributed by atoms with Crippen molar-refractivity contribution in [1.82, 2.24) is 15.3 Å². The van der Waals surface area contributed by atoms with Gasteiger partial charge in [-0.05, 0) is 19.3 Å². The zero-order valence-electron chi connectivity index (χ0n) is 12.5. The van der Waals surface area contributed by atoms with Crippen molar-refractivity contribution in [3.63, 3.8) is 0 Å². The summed E-state index contributed by atoms with van der Waals surface area (Å²) in [5.41, 5.74) is 3.30. The average molecular weight is 289 g/mol. The molecule has 114 valence electrons. The van der Waals surface area contributed by atoms with Crippen LogP contribution in [0.1, 0.15) is 45.4 Å². The van der Waals surface area contributed by atoms with Crippen LogP contribution in [0.15, 0.2) is 10.2 Å². The molecule has 0 aromatic heterocycles. The number of rotatable bonds is 1. The van der Waals surface area contributed by atoms with E-state index in [2.05, 4.69) is 38.8 Å². The number of amidine groups is 1. The Labute approximate surface area is 125 Å². The number of fused-ring (bicyclic) bond motifs is 7. The molecule has 3 fully saturated rings. The van der Waals surface area contributed by atoms with Crippen molar-refractivity contribution in [3.8, 4) is 0 Å². The first-order valence-corrected chi connectivity index (χ1v) is 8.45. The van der Waals surface area contributed by atoms with E-state index in [1.165, 1.54) is 25.7 Å². The first kappa shape index (κ1) is 12.3. The lowest BCUT2D eigenvalue weighted by atomic mass is 9.82. The van der Waals surface area contributed by atoms with Gasteiger partial charge in [0.15, 0.2) is 6.17 Å². The second-order valence-electron chi connectivity index (χ2n) is 6.93. The molecule has 0 aromatic carbocycles. The van der Waals surface area contributed by atoms with Crippen molar-refractivity contribution >= 4 is 12.2 Å². The Kier molecular flexibility index (Phi) is 2.54. The Morgan fingerprint density at radius 2 is 2.24 bits per heavy atom. The molecular formula is C15H23N5O. The molecule has 1 aliphatic carbocycles. The van der Waals surface area contributed by atoms with E-state index < -0.39 is 0 Å². The van der Waals surface area contributed by atoms with E-state index in [4.69, 9.17) is 4.74 Å². The van der Waals surface area contributed by atoms with E-state index in [0.29, 0.717) is 30.2 Å². The zero-order chi connectivity index (χ0) is 14.0. The van der Waals surface area contributed by atoms with Gasteiger partial charge in [0.2, 0.25) is 0 Å². The van der Waals surface area contributed by atoms with Gasteiger partial charge in [0.1, 0.15) is 12.2 Å². The van der Waals surface area contributed by atoms with Gasteiger partial charge in [-0.2, -0.15) is 10.2 Å². The van der Waals surface area contributed by atoms with Gasteiger partial charge in [0.05, 0.1) is 24.3 Å². The fraction of sp³-hybridized carbons (Fsp3) is 0.867. The van der Waals surface area contributed by atoms with Gasteiger partial charge in [-0.3, -0.25) is 5.43 Å². The first-order valence-electron chi connectivity index (χ1n) is 8.45. The molecule has 1 saturated carbocycles. The van der Waals surface area contributed by atoms with Crippen LogP contribution in [0.25, 0.3) is 0 Å². The van der Waals surface area contributed by atoms with Gasteiger partial charge in [-0.15, -0.1) is 0 Å². The summed E-state index contributed by atoms with van der Waals surface area (Å²) in [5.74, 6) is 1.75. The summed E-state index contributed by atoms with van der Waals surface area (Å²) in [6.45, 7) is 2.13. The zero-order valence-corrected chi connectivity index (χ0v) is 12.5. The molecule has 1 N–H and O–H groups in total. The van der Waals surface area contributed by atoms with E-state index in [1.807, 2.05) is 0 Å². The minimum Gasteiger partial charge on any atom is -0.372 e. The fourth-order valence-electron chi connectivity index (χ4n) is 5.06. The highest BCUT2D eigenvalue weighted by Crippen LogP contribution is 2.47.